The van der Waals surface area contributed by atoms with Crippen molar-refractivity contribution in [2.24, 2.45) is 0 Å². The van der Waals surface area contributed by atoms with Crippen molar-refractivity contribution in [3.63, 3.8) is 0 Å². The Morgan fingerprint density at radius 3 is 2.63 bits per heavy atom. The zero-order chi connectivity index (χ0) is 13.3. The van der Waals surface area contributed by atoms with Crippen LogP contribution < -0.4 is 10.2 Å². The highest BCUT2D eigenvalue weighted by Gasteiger charge is 2.14. The molecule has 0 bridgehead atoms. The topological polar surface area (TPSA) is 35.5 Å². The summed E-state index contributed by atoms with van der Waals surface area (Å²) in [6.07, 6.45) is 5.82. The summed E-state index contributed by atoms with van der Waals surface area (Å²) in [6.45, 7) is 4.71. The third-order valence-corrected chi connectivity index (χ3v) is 3.77. The van der Waals surface area contributed by atoms with Crippen molar-refractivity contribution >= 4 is 5.69 Å². The number of anilines is 1. The van der Waals surface area contributed by atoms with Gasteiger partial charge >= 0.3 is 0 Å². The first-order valence-electron chi connectivity index (χ1n) is 7.56. The van der Waals surface area contributed by atoms with Crippen molar-refractivity contribution in [2.45, 2.75) is 38.6 Å². The molecule has 2 rings (SSSR count). The monoisotopic (exact) mass is 262 g/mol. The van der Waals surface area contributed by atoms with Gasteiger partial charge in [0.1, 0.15) is 0 Å². The SMILES string of the molecule is OCCCCCNCc1ccccc1N1CCCC1. The Hall–Kier alpha value is -1.06. The Bertz CT molecular complexity index is 362. The van der Waals surface area contributed by atoms with E-state index >= 15 is 0 Å². The average molecular weight is 262 g/mol. The first-order valence-corrected chi connectivity index (χ1v) is 7.56. The van der Waals surface area contributed by atoms with E-state index in [9.17, 15) is 0 Å². The lowest BCUT2D eigenvalue weighted by atomic mass is 10.1. The van der Waals surface area contributed by atoms with Crippen LogP contribution in [0.1, 0.15) is 37.7 Å². The molecule has 0 atom stereocenters. The first kappa shape index (κ1) is 14.4. The zero-order valence-electron chi connectivity index (χ0n) is 11.8. The van der Waals surface area contributed by atoms with Crippen LogP contribution in [-0.2, 0) is 6.54 Å². The fraction of sp³-hybridized carbons (Fsp3) is 0.625. The molecule has 19 heavy (non-hydrogen) atoms. The molecule has 2 N–H and O–H groups in total. The number of aliphatic hydroxyl groups is 1. The van der Waals surface area contributed by atoms with E-state index in [4.69, 9.17) is 5.11 Å². The summed E-state index contributed by atoms with van der Waals surface area (Å²) in [5.74, 6) is 0. The van der Waals surface area contributed by atoms with Crippen LogP contribution in [0.2, 0.25) is 0 Å². The minimum Gasteiger partial charge on any atom is -0.396 e. The molecule has 1 aliphatic rings. The van der Waals surface area contributed by atoms with Crippen LogP contribution in [0.25, 0.3) is 0 Å². The summed E-state index contributed by atoms with van der Waals surface area (Å²) in [5.41, 5.74) is 2.81. The molecule has 1 aromatic carbocycles. The number of aliphatic hydroxyl groups excluding tert-OH is 1. The van der Waals surface area contributed by atoms with Crippen molar-refractivity contribution in [3.8, 4) is 0 Å². The summed E-state index contributed by atoms with van der Waals surface area (Å²) in [4.78, 5) is 2.50. The van der Waals surface area contributed by atoms with Crippen LogP contribution >= 0.6 is 0 Å². The maximum Gasteiger partial charge on any atom is 0.0431 e. The highest BCUT2D eigenvalue weighted by molar-refractivity contribution is 5.54. The molecule has 0 radical (unpaired) electrons. The van der Waals surface area contributed by atoms with Gasteiger partial charge < -0.3 is 15.3 Å². The lowest BCUT2D eigenvalue weighted by Gasteiger charge is -2.21. The number of nitrogens with one attached hydrogen (secondary N) is 1. The molecule has 3 nitrogen and oxygen atoms in total. The molecule has 1 saturated heterocycles. The molecule has 1 fully saturated rings. The summed E-state index contributed by atoms with van der Waals surface area (Å²) in [5, 5.41) is 12.2. The highest BCUT2D eigenvalue weighted by Crippen LogP contribution is 2.24. The molecule has 0 aromatic heterocycles. The predicted molar refractivity (Wildman–Crippen MR) is 80.5 cm³/mol. The molecule has 0 amide bonds. The Kier molecular flexibility index (Phi) is 6.18. The van der Waals surface area contributed by atoms with Gasteiger partial charge in [-0.25, -0.2) is 0 Å². The number of hydrogen-bond donors (Lipinski definition) is 2. The molecule has 0 aliphatic carbocycles. The van der Waals surface area contributed by atoms with Gasteiger partial charge in [0.2, 0.25) is 0 Å². The fourth-order valence-electron chi connectivity index (χ4n) is 2.69. The molecule has 1 aliphatic heterocycles. The molecule has 3 heteroatoms. The molecular weight excluding hydrogens is 236 g/mol. The third kappa shape index (κ3) is 4.51. The van der Waals surface area contributed by atoms with E-state index in [0.717, 1.165) is 32.4 Å². The van der Waals surface area contributed by atoms with Crippen molar-refractivity contribution in [1.82, 2.24) is 5.32 Å². The van der Waals surface area contributed by atoms with Crippen molar-refractivity contribution in [2.75, 3.05) is 31.1 Å². The minimum absolute atomic E-state index is 0.317. The van der Waals surface area contributed by atoms with Gasteiger partial charge in [-0.3, -0.25) is 0 Å². The Morgan fingerprint density at radius 1 is 1.05 bits per heavy atom. The van der Waals surface area contributed by atoms with Crippen LogP contribution in [-0.4, -0.2) is 31.3 Å². The Balaban J connectivity index is 1.79. The van der Waals surface area contributed by atoms with Gasteiger partial charge in [0.05, 0.1) is 0 Å². The number of unbranched alkanes of at least 4 members (excludes halogenated alkanes) is 2. The summed E-state index contributed by atoms with van der Waals surface area (Å²) >= 11 is 0. The lowest BCUT2D eigenvalue weighted by Crippen LogP contribution is -2.22. The van der Waals surface area contributed by atoms with Gasteiger partial charge in [-0.1, -0.05) is 18.2 Å². The van der Waals surface area contributed by atoms with E-state index in [1.54, 1.807) is 0 Å². The van der Waals surface area contributed by atoms with Crippen LogP contribution in [0.4, 0.5) is 5.69 Å². The van der Waals surface area contributed by atoms with Crippen LogP contribution in [0.5, 0.6) is 0 Å². The van der Waals surface area contributed by atoms with E-state index in [2.05, 4.69) is 34.5 Å². The second kappa shape index (κ2) is 8.18. The fourth-order valence-corrected chi connectivity index (χ4v) is 2.69. The summed E-state index contributed by atoms with van der Waals surface area (Å²) < 4.78 is 0. The predicted octanol–water partition coefficient (Wildman–Crippen LogP) is 2.54. The Morgan fingerprint density at radius 2 is 1.84 bits per heavy atom. The smallest absolute Gasteiger partial charge is 0.0431 e. The normalized spacial score (nSPS) is 15.1. The van der Waals surface area contributed by atoms with Gasteiger partial charge in [-0.15, -0.1) is 0 Å². The highest BCUT2D eigenvalue weighted by atomic mass is 16.2. The summed E-state index contributed by atoms with van der Waals surface area (Å²) in [7, 11) is 0. The summed E-state index contributed by atoms with van der Waals surface area (Å²) in [6, 6.07) is 8.74. The van der Waals surface area contributed by atoms with E-state index in [1.165, 1.54) is 37.2 Å². The van der Waals surface area contributed by atoms with Crippen molar-refractivity contribution < 1.29 is 5.11 Å². The number of nitrogens with zero attached hydrogens (tertiary/aromatic N) is 1. The third-order valence-electron chi connectivity index (χ3n) is 3.77. The molecular formula is C16H26N2O. The van der Waals surface area contributed by atoms with E-state index in [0.29, 0.717) is 6.61 Å². The number of para-hydroxylation sites is 1. The number of rotatable bonds is 8. The molecule has 1 heterocycles. The van der Waals surface area contributed by atoms with Gasteiger partial charge in [0.25, 0.3) is 0 Å². The minimum atomic E-state index is 0.317. The second-order valence-corrected chi connectivity index (χ2v) is 5.28. The molecule has 0 spiro atoms. The van der Waals surface area contributed by atoms with Crippen LogP contribution in [0.15, 0.2) is 24.3 Å². The molecule has 0 unspecified atom stereocenters. The van der Waals surface area contributed by atoms with Crippen molar-refractivity contribution in [1.29, 1.82) is 0 Å². The van der Waals surface area contributed by atoms with E-state index in [-0.39, 0.29) is 0 Å². The van der Waals surface area contributed by atoms with Crippen LogP contribution in [0.3, 0.4) is 0 Å². The molecule has 106 valence electrons. The standard InChI is InChI=1S/C16H26N2O/c19-13-7-1-4-10-17-14-15-8-2-3-9-16(15)18-11-5-6-12-18/h2-3,8-9,17,19H,1,4-7,10-14H2. The maximum atomic E-state index is 8.73. The number of hydrogen-bond acceptors (Lipinski definition) is 3. The molecule has 1 aromatic rings. The van der Waals surface area contributed by atoms with E-state index < -0.39 is 0 Å². The number of benzene rings is 1. The Labute approximate surface area is 116 Å². The largest absolute Gasteiger partial charge is 0.396 e. The second-order valence-electron chi connectivity index (χ2n) is 5.28. The van der Waals surface area contributed by atoms with Gasteiger partial charge in [-0.05, 0) is 50.3 Å². The first-order chi connectivity index (χ1) is 9.42. The van der Waals surface area contributed by atoms with Gasteiger partial charge in [-0.2, -0.15) is 0 Å². The average Bonchev–Trinajstić information content (AvgIpc) is 2.97. The quantitative estimate of drug-likeness (QED) is 0.707. The maximum absolute atomic E-state index is 8.73. The van der Waals surface area contributed by atoms with E-state index in [1.807, 2.05) is 0 Å². The zero-order valence-corrected chi connectivity index (χ0v) is 11.8. The van der Waals surface area contributed by atoms with Gasteiger partial charge in [0, 0.05) is 31.9 Å². The van der Waals surface area contributed by atoms with Gasteiger partial charge in [0.15, 0.2) is 0 Å². The van der Waals surface area contributed by atoms with Crippen molar-refractivity contribution in [3.05, 3.63) is 29.8 Å². The lowest BCUT2D eigenvalue weighted by molar-refractivity contribution is 0.283. The molecule has 0 saturated carbocycles. The van der Waals surface area contributed by atoms with Crippen LogP contribution in [0, 0.1) is 0 Å².